The number of hydrogen-bond acceptors (Lipinski definition) is 1. The normalized spacial score (nSPS) is 25.5. The van der Waals surface area contributed by atoms with Gasteiger partial charge in [0, 0.05) is 0 Å². The third-order valence-corrected chi connectivity index (χ3v) is 1.33. The van der Waals surface area contributed by atoms with E-state index in [0.717, 1.165) is 6.54 Å². The number of carbonyl (C=O) groups is 1. The van der Waals surface area contributed by atoms with Gasteiger partial charge in [-0.15, -0.1) is 0 Å². The lowest BCUT2D eigenvalue weighted by atomic mass is 10.4. The molecular weight excluding hydrogens is 104 g/mol. The Kier molecular flexibility index (Phi) is 1.01. The number of rotatable bonds is 0. The fourth-order valence-corrected chi connectivity index (χ4v) is 0.830. The molecule has 0 aromatic carbocycles. The van der Waals surface area contributed by atoms with Crippen LogP contribution in [0.2, 0.25) is 0 Å². The lowest BCUT2D eigenvalue weighted by Gasteiger charge is -2.20. The molecule has 0 unspecified atom stereocenters. The Morgan fingerprint density at radius 2 is 2.25 bits per heavy atom. The molecule has 1 N–H and O–H groups in total. The van der Waals surface area contributed by atoms with E-state index in [2.05, 4.69) is 5.43 Å². The summed E-state index contributed by atoms with van der Waals surface area (Å²) in [7, 11) is 3.95. The third kappa shape index (κ3) is 0.980. The van der Waals surface area contributed by atoms with Crippen LogP contribution in [0.5, 0.6) is 0 Å². The molecule has 1 fully saturated rings. The van der Waals surface area contributed by atoms with Crippen molar-refractivity contribution < 1.29 is 9.39 Å². The first-order valence-corrected chi connectivity index (χ1v) is 2.74. The van der Waals surface area contributed by atoms with Gasteiger partial charge in [0.05, 0.1) is 20.5 Å². The molecule has 0 radical (unpaired) electrons. The molecule has 1 heterocycles. The van der Waals surface area contributed by atoms with Gasteiger partial charge in [0.25, 0.3) is 5.91 Å². The summed E-state index contributed by atoms with van der Waals surface area (Å²) in [5.74, 6) is 0.162. The molecule has 0 bridgehead atoms. The van der Waals surface area contributed by atoms with E-state index < -0.39 is 0 Å². The third-order valence-electron chi connectivity index (χ3n) is 1.33. The van der Waals surface area contributed by atoms with Gasteiger partial charge < -0.3 is 0 Å². The molecule has 0 aromatic heterocycles. The zero-order valence-corrected chi connectivity index (χ0v) is 5.27. The number of nitrogens with one attached hydrogen (secondary N) is 1. The van der Waals surface area contributed by atoms with Gasteiger partial charge in [-0.1, -0.05) is 0 Å². The molecule has 0 aliphatic carbocycles. The summed E-state index contributed by atoms with van der Waals surface area (Å²) >= 11 is 0. The molecule has 0 aromatic rings. The molecule has 1 amide bonds. The number of quaternary nitrogens is 1. The van der Waals surface area contributed by atoms with Crippen LogP contribution in [0.25, 0.3) is 0 Å². The first-order chi connectivity index (χ1) is 3.60. The molecule has 1 aliphatic rings. The van der Waals surface area contributed by atoms with E-state index in [1.165, 1.54) is 0 Å². The standard InChI is InChI=1S/C5H10N2O/c1-7(2)4-3-5(8)6-7/h3-4H2,1-2H3/p+1. The second-order valence-corrected chi connectivity index (χ2v) is 2.69. The van der Waals surface area contributed by atoms with Crippen molar-refractivity contribution in [3.05, 3.63) is 0 Å². The molecule has 46 valence electrons. The molecule has 8 heavy (non-hydrogen) atoms. The van der Waals surface area contributed by atoms with Crippen LogP contribution in [-0.4, -0.2) is 31.1 Å². The summed E-state index contributed by atoms with van der Waals surface area (Å²) < 4.78 is 0.638. The van der Waals surface area contributed by atoms with Crippen molar-refractivity contribution in [1.29, 1.82) is 0 Å². The summed E-state index contributed by atoms with van der Waals surface area (Å²) in [6.07, 6.45) is 0.674. The predicted molar refractivity (Wildman–Crippen MR) is 29.7 cm³/mol. The van der Waals surface area contributed by atoms with Crippen LogP contribution in [0.15, 0.2) is 0 Å². The molecular formula is C5H11N2O+. The molecule has 3 heteroatoms. The summed E-state index contributed by atoms with van der Waals surface area (Å²) in [5, 5.41) is 0. The van der Waals surface area contributed by atoms with E-state index in [-0.39, 0.29) is 5.91 Å². The summed E-state index contributed by atoms with van der Waals surface area (Å²) in [6, 6.07) is 0. The Morgan fingerprint density at radius 1 is 1.62 bits per heavy atom. The average molecular weight is 115 g/mol. The van der Waals surface area contributed by atoms with Crippen molar-refractivity contribution >= 4 is 5.91 Å². The molecule has 0 saturated carbocycles. The highest BCUT2D eigenvalue weighted by Gasteiger charge is 2.27. The second kappa shape index (κ2) is 1.45. The maximum absolute atomic E-state index is 10.5. The van der Waals surface area contributed by atoms with E-state index in [1.807, 2.05) is 14.1 Å². The fourth-order valence-electron chi connectivity index (χ4n) is 0.830. The molecule has 0 spiro atoms. The number of amides is 1. The van der Waals surface area contributed by atoms with Crippen LogP contribution >= 0.6 is 0 Å². The Bertz CT molecular complexity index is 120. The first-order valence-electron chi connectivity index (χ1n) is 2.74. The fraction of sp³-hybridized carbons (Fsp3) is 0.800. The number of nitrogens with zero attached hydrogens (tertiary/aromatic N) is 1. The van der Waals surface area contributed by atoms with Crippen LogP contribution in [-0.2, 0) is 4.79 Å². The molecule has 1 saturated heterocycles. The van der Waals surface area contributed by atoms with Crippen LogP contribution in [0, 0.1) is 0 Å². The van der Waals surface area contributed by atoms with E-state index in [0.29, 0.717) is 11.0 Å². The predicted octanol–water partition coefficient (Wildman–Crippen LogP) is -0.502. The van der Waals surface area contributed by atoms with Gasteiger partial charge in [-0.05, 0) is 0 Å². The summed E-state index contributed by atoms with van der Waals surface area (Å²) in [6.45, 7) is 0.916. The van der Waals surface area contributed by atoms with Crippen LogP contribution in [0.4, 0.5) is 0 Å². The SMILES string of the molecule is C[N+]1(C)CCC(=O)N1. The monoisotopic (exact) mass is 115 g/mol. The highest BCUT2D eigenvalue weighted by molar-refractivity contribution is 5.75. The average Bonchev–Trinajstić information content (AvgIpc) is 1.82. The molecule has 0 atom stereocenters. The van der Waals surface area contributed by atoms with E-state index in [9.17, 15) is 4.79 Å². The van der Waals surface area contributed by atoms with Gasteiger partial charge in [0.1, 0.15) is 6.54 Å². The zero-order chi connectivity index (χ0) is 6.20. The van der Waals surface area contributed by atoms with Gasteiger partial charge in [-0.2, -0.15) is 0 Å². The topological polar surface area (TPSA) is 29.1 Å². The maximum atomic E-state index is 10.5. The Hall–Kier alpha value is -0.570. The molecule has 1 aliphatic heterocycles. The lowest BCUT2D eigenvalue weighted by molar-refractivity contribution is -0.916. The highest BCUT2D eigenvalue weighted by Crippen LogP contribution is 2.01. The van der Waals surface area contributed by atoms with E-state index in [1.54, 1.807) is 0 Å². The lowest BCUT2D eigenvalue weighted by Crippen LogP contribution is -2.47. The van der Waals surface area contributed by atoms with Gasteiger partial charge >= 0.3 is 0 Å². The number of hydrogen-bond donors (Lipinski definition) is 1. The quantitative estimate of drug-likeness (QED) is 0.424. The van der Waals surface area contributed by atoms with Crippen LogP contribution in [0.1, 0.15) is 6.42 Å². The second-order valence-electron chi connectivity index (χ2n) is 2.69. The van der Waals surface area contributed by atoms with Gasteiger partial charge in [-0.25, -0.2) is 10.0 Å². The number of carbonyl (C=O) groups excluding carboxylic acids is 1. The Morgan fingerprint density at radius 3 is 2.38 bits per heavy atom. The molecule has 1 rings (SSSR count). The van der Waals surface area contributed by atoms with Crippen molar-refractivity contribution in [1.82, 2.24) is 5.43 Å². The van der Waals surface area contributed by atoms with Gasteiger partial charge in [0.2, 0.25) is 0 Å². The van der Waals surface area contributed by atoms with Crippen molar-refractivity contribution in [2.24, 2.45) is 0 Å². The maximum Gasteiger partial charge on any atom is 0.270 e. The van der Waals surface area contributed by atoms with E-state index >= 15 is 0 Å². The van der Waals surface area contributed by atoms with Gasteiger partial charge in [-0.3, -0.25) is 4.79 Å². The van der Waals surface area contributed by atoms with Gasteiger partial charge in [0.15, 0.2) is 0 Å². The first kappa shape index (κ1) is 5.56. The minimum atomic E-state index is 0.162. The highest BCUT2D eigenvalue weighted by atomic mass is 16.2. The van der Waals surface area contributed by atoms with Crippen molar-refractivity contribution in [2.45, 2.75) is 6.42 Å². The van der Waals surface area contributed by atoms with Crippen molar-refractivity contribution in [2.75, 3.05) is 20.6 Å². The Balaban J connectivity index is 2.56. The largest absolute Gasteiger partial charge is 0.270 e. The van der Waals surface area contributed by atoms with Crippen LogP contribution < -0.4 is 5.43 Å². The Labute approximate surface area is 48.8 Å². The van der Waals surface area contributed by atoms with E-state index in [4.69, 9.17) is 0 Å². The van der Waals surface area contributed by atoms with Crippen LogP contribution in [0.3, 0.4) is 0 Å². The smallest absolute Gasteiger partial charge is 0.270 e. The summed E-state index contributed by atoms with van der Waals surface area (Å²) in [4.78, 5) is 10.5. The van der Waals surface area contributed by atoms with Crippen molar-refractivity contribution in [3.63, 3.8) is 0 Å². The zero-order valence-electron chi connectivity index (χ0n) is 5.27. The van der Waals surface area contributed by atoms with Crippen molar-refractivity contribution in [3.8, 4) is 0 Å². The molecule has 3 nitrogen and oxygen atoms in total. The minimum absolute atomic E-state index is 0.162. The minimum Gasteiger partial charge on any atom is -0.270 e. The summed E-state index contributed by atoms with van der Waals surface area (Å²) in [5.41, 5.74) is 2.79.